The Morgan fingerprint density at radius 1 is 1.75 bits per heavy atom. The van der Waals surface area contributed by atoms with Gasteiger partial charge in [0, 0.05) is 0 Å². The van der Waals surface area contributed by atoms with Gasteiger partial charge < -0.3 is 10.5 Å². The molecule has 0 amide bonds. The molecule has 2 N–H and O–H groups in total. The largest absolute Gasteiger partial charge is 0.464 e. The van der Waals surface area contributed by atoms with Crippen molar-refractivity contribution in [2.24, 2.45) is 11.7 Å². The van der Waals surface area contributed by atoms with E-state index in [4.69, 9.17) is 10.5 Å². The maximum absolute atomic E-state index is 11.2. The Morgan fingerprint density at radius 2 is 2.25 bits per heavy atom. The standard InChI is InChI=1S/C9H17NO2/c1-5-9(4,10)8(11)12-6-7(2)3/h5,7H,1,6,10H2,2-4H3/t9-/m1/s1. The molecule has 0 spiro atoms. The first-order valence-corrected chi connectivity index (χ1v) is 4.00. The van der Waals surface area contributed by atoms with Crippen LogP contribution in [0, 0.1) is 5.92 Å². The summed E-state index contributed by atoms with van der Waals surface area (Å²) in [5, 5.41) is 0. The number of esters is 1. The number of nitrogens with two attached hydrogens (primary N) is 1. The number of carbonyl (C=O) groups excluding carboxylic acids is 1. The predicted octanol–water partition coefficient (Wildman–Crippen LogP) is 1.09. The molecule has 0 rings (SSSR count). The average Bonchev–Trinajstić information content (AvgIpc) is 2.00. The molecule has 12 heavy (non-hydrogen) atoms. The minimum absolute atomic E-state index is 0.328. The third kappa shape index (κ3) is 3.53. The first-order chi connectivity index (χ1) is 5.40. The lowest BCUT2D eigenvalue weighted by molar-refractivity contribution is -0.148. The summed E-state index contributed by atoms with van der Waals surface area (Å²) in [7, 11) is 0. The molecule has 0 aromatic heterocycles. The van der Waals surface area contributed by atoms with Gasteiger partial charge in [-0.2, -0.15) is 0 Å². The van der Waals surface area contributed by atoms with Gasteiger partial charge in [-0.15, -0.1) is 6.58 Å². The van der Waals surface area contributed by atoms with E-state index in [-0.39, 0.29) is 0 Å². The van der Waals surface area contributed by atoms with Crippen LogP contribution < -0.4 is 5.73 Å². The van der Waals surface area contributed by atoms with E-state index in [0.717, 1.165) is 0 Å². The van der Waals surface area contributed by atoms with Crippen molar-refractivity contribution in [3.05, 3.63) is 12.7 Å². The van der Waals surface area contributed by atoms with Crippen LogP contribution in [0.15, 0.2) is 12.7 Å². The average molecular weight is 171 g/mol. The van der Waals surface area contributed by atoms with Crippen LogP contribution in [0.25, 0.3) is 0 Å². The molecule has 0 aliphatic heterocycles. The zero-order valence-electron chi connectivity index (χ0n) is 7.96. The van der Waals surface area contributed by atoms with Gasteiger partial charge in [-0.1, -0.05) is 19.9 Å². The maximum Gasteiger partial charge on any atom is 0.329 e. The van der Waals surface area contributed by atoms with E-state index in [1.54, 1.807) is 6.92 Å². The summed E-state index contributed by atoms with van der Waals surface area (Å²) in [6.45, 7) is 9.36. The Labute approximate surface area is 73.6 Å². The molecule has 0 fully saturated rings. The van der Waals surface area contributed by atoms with Crippen molar-refractivity contribution in [2.45, 2.75) is 26.3 Å². The van der Waals surface area contributed by atoms with Crippen molar-refractivity contribution in [1.29, 1.82) is 0 Å². The van der Waals surface area contributed by atoms with Crippen molar-refractivity contribution in [1.82, 2.24) is 0 Å². The SMILES string of the molecule is C=C[C@@](C)(N)C(=O)OCC(C)C. The molecular formula is C9H17NO2. The summed E-state index contributed by atoms with van der Waals surface area (Å²) >= 11 is 0. The van der Waals surface area contributed by atoms with E-state index in [1.165, 1.54) is 6.08 Å². The van der Waals surface area contributed by atoms with Crippen molar-refractivity contribution in [3.8, 4) is 0 Å². The van der Waals surface area contributed by atoms with Gasteiger partial charge in [0.25, 0.3) is 0 Å². The summed E-state index contributed by atoms with van der Waals surface area (Å²) in [4.78, 5) is 11.2. The highest BCUT2D eigenvalue weighted by Gasteiger charge is 2.26. The van der Waals surface area contributed by atoms with E-state index in [1.807, 2.05) is 13.8 Å². The Bertz CT molecular complexity index is 173. The normalized spacial score (nSPS) is 15.4. The van der Waals surface area contributed by atoms with Crippen molar-refractivity contribution in [2.75, 3.05) is 6.61 Å². The molecule has 0 saturated carbocycles. The molecule has 0 bridgehead atoms. The minimum atomic E-state index is -1.06. The van der Waals surface area contributed by atoms with Crippen LogP contribution in [0.4, 0.5) is 0 Å². The van der Waals surface area contributed by atoms with Gasteiger partial charge in [0.15, 0.2) is 0 Å². The third-order valence-electron chi connectivity index (χ3n) is 1.41. The highest BCUT2D eigenvalue weighted by molar-refractivity contribution is 5.82. The molecule has 3 heteroatoms. The Morgan fingerprint density at radius 3 is 2.58 bits per heavy atom. The van der Waals surface area contributed by atoms with Gasteiger partial charge >= 0.3 is 5.97 Å². The second kappa shape index (κ2) is 4.26. The van der Waals surface area contributed by atoms with E-state index in [0.29, 0.717) is 12.5 Å². The lowest BCUT2D eigenvalue weighted by atomic mass is 10.1. The zero-order valence-corrected chi connectivity index (χ0v) is 7.96. The van der Waals surface area contributed by atoms with Gasteiger partial charge in [-0.25, -0.2) is 4.79 Å². The van der Waals surface area contributed by atoms with Gasteiger partial charge in [0.05, 0.1) is 6.61 Å². The van der Waals surface area contributed by atoms with E-state index in [2.05, 4.69) is 6.58 Å². The molecule has 3 nitrogen and oxygen atoms in total. The van der Waals surface area contributed by atoms with Crippen LogP contribution in [-0.2, 0) is 9.53 Å². The molecule has 0 aromatic rings. The fraction of sp³-hybridized carbons (Fsp3) is 0.667. The van der Waals surface area contributed by atoms with Crippen molar-refractivity contribution in [3.63, 3.8) is 0 Å². The summed E-state index contributed by atoms with van der Waals surface area (Å²) in [6.07, 6.45) is 1.38. The number of carbonyl (C=O) groups is 1. The second-order valence-corrected chi connectivity index (χ2v) is 3.48. The maximum atomic E-state index is 11.2. The number of hydrogen-bond donors (Lipinski definition) is 1. The van der Waals surface area contributed by atoms with Crippen LogP contribution >= 0.6 is 0 Å². The number of rotatable bonds is 4. The first kappa shape index (κ1) is 11.2. The fourth-order valence-electron chi connectivity index (χ4n) is 0.481. The molecule has 1 atom stereocenters. The first-order valence-electron chi connectivity index (χ1n) is 4.00. The quantitative estimate of drug-likeness (QED) is 0.509. The number of hydrogen-bond acceptors (Lipinski definition) is 3. The Kier molecular flexibility index (Phi) is 3.96. The highest BCUT2D eigenvalue weighted by Crippen LogP contribution is 2.04. The monoisotopic (exact) mass is 171 g/mol. The van der Waals surface area contributed by atoms with Gasteiger partial charge in [-0.3, -0.25) is 0 Å². The molecule has 0 aliphatic rings. The van der Waals surface area contributed by atoms with E-state index >= 15 is 0 Å². The lowest BCUT2D eigenvalue weighted by Crippen LogP contribution is -2.44. The Hall–Kier alpha value is -0.830. The Balaban J connectivity index is 3.96. The predicted molar refractivity (Wildman–Crippen MR) is 48.6 cm³/mol. The molecule has 70 valence electrons. The summed E-state index contributed by atoms with van der Waals surface area (Å²) in [5.74, 6) is -0.0965. The summed E-state index contributed by atoms with van der Waals surface area (Å²) < 4.78 is 4.92. The molecule has 0 radical (unpaired) electrons. The van der Waals surface area contributed by atoms with Crippen LogP contribution in [0.5, 0.6) is 0 Å². The molecule has 0 aromatic carbocycles. The zero-order chi connectivity index (χ0) is 9.78. The topological polar surface area (TPSA) is 52.3 Å². The minimum Gasteiger partial charge on any atom is -0.464 e. The third-order valence-corrected chi connectivity index (χ3v) is 1.41. The van der Waals surface area contributed by atoms with Crippen LogP contribution in [0.3, 0.4) is 0 Å². The fourth-order valence-corrected chi connectivity index (χ4v) is 0.481. The van der Waals surface area contributed by atoms with E-state index < -0.39 is 11.5 Å². The van der Waals surface area contributed by atoms with Crippen LogP contribution in [0.1, 0.15) is 20.8 Å². The molecular weight excluding hydrogens is 154 g/mol. The smallest absolute Gasteiger partial charge is 0.329 e. The molecule has 0 saturated heterocycles. The summed E-state index contributed by atoms with van der Waals surface area (Å²) in [5.41, 5.74) is 4.49. The second-order valence-electron chi connectivity index (χ2n) is 3.48. The van der Waals surface area contributed by atoms with Crippen molar-refractivity contribution < 1.29 is 9.53 Å². The molecule has 0 unspecified atom stereocenters. The molecule has 0 aliphatic carbocycles. The van der Waals surface area contributed by atoms with Gasteiger partial charge in [-0.05, 0) is 12.8 Å². The van der Waals surface area contributed by atoms with E-state index in [9.17, 15) is 4.79 Å². The van der Waals surface area contributed by atoms with Crippen molar-refractivity contribution >= 4 is 5.97 Å². The summed E-state index contributed by atoms with van der Waals surface area (Å²) in [6, 6.07) is 0. The molecule has 0 heterocycles. The number of ether oxygens (including phenoxy) is 1. The van der Waals surface area contributed by atoms with Crippen LogP contribution in [0.2, 0.25) is 0 Å². The lowest BCUT2D eigenvalue weighted by Gasteiger charge is -2.18. The highest BCUT2D eigenvalue weighted by atomic mass is 16.5. The van der Waals surface area contributed by atoms with Gasteiger partial charge in [0.2, 0.25) is 0 Å². The van der Waals surface area contributed by atoms with Crippen LogP contribution in [-0.4, -0.2) is 18.1 Å². The van der Waals surface area contributed by atoms with Gasteiger partial charge in [0.1, 0.15) is 5.54 Å².